The fraction of sp³-hybridized carbons (Fsp3) is 0.667. The number of esters is 1. The highest BCUT2D eigenvalue weighted by molar-refractivity contribution is 5.81. The fourth-order valence-electron chi connectivity index (χ4n) is 3.60. The molecule has 31 heavy (non-hydrogen) atoms. The first-order chi connectivity index (χ1) is 14.7. The van der Waals surface area contributed by atoms with E-state index in [0.29, 0.717) is 25.6 Å². The summed E-state index contributed by atoms with van der Waals surface area (Å²) < 4.78 is 23.2. The Kier molecular flexibility index (Phi) is 7.94. The highest BCUT2D eigenvalue weighted by atomic mass is 16.6. The summed E-state index contributed by atoms with van der Waals surface area (Å²) in [6.45, 7) is 8.21. The van der Waals surface area contributed by atoms with E-state index in [0.717, 1.165) is 5.56 Å². The molecule has 3 rings (SSSR count). The van der Waals surface area contributed by atoms with Crippen molar-refractivity contribution in [3.8, 4) is 0 Å². The average Bonchev–Trinajstić information content (AvgIpc) is 3.51. The van der Waals surface area contributed by atoms with Crippen LogP contribution in [0.4, 0.5) is 4.79 Å². The van der Waals surface area contributed by atoms with E-state index in [1.807, 2.05) is 25.1 Å². The van der Waals surface area contributed by atoms with Gasteiger partial charge in [0.05, 0.1) is 19.3 Å². The van der Waals surface area contributed by atoms with Gasteiger partial charge in [-0.25, -0.2) is 9.59 Å². The quantitative estimate of drug-likeness (QED) is 0.692. The van der Waals surface area contributed by atoms with E-state index in [4.69, 9.17) is 18.9 Å². The molecule has 1 aromatic rings. The summed E-state index contributed by atoms with van der Waals surface area (Å²) in [4.78, 5) is 25.0. The molecular formula is C24H35NO6. The van der Waals surface area contributed by atoms with E-state index in [9.17, 15) is 9.59 Å². The molecule has 1 aromatic carbocycles. The summed E-state index contributed by atoms with van der Waals surface area (Å²) in [5, 5.41) is 2.58. The number of hydrogen-bond acceptors (Lipinski definition) is 6. The zero-order chi connectivity index (χ0) is 22.4. The van der Waals surface area contributed by atoms with Crippen molar-refractivity contribution in [2.75, 3.05) is 19.8 Å². The number of cyclic esters (lactones) is 1. The number of rotatable bonds is 6. The summed E-state index contributed by atoms with van der Waals surface area (Å²) in [7, 11) is 0. The van der Waals surface area contributed by atoms with Crippen molar-refractivity contribution in [2.24, 2.45) is 11.8 Å². The van der Waals surface area contributed by atoms with Crippen molar-refractivity contribution >= 4 is 12.1 Å². The predicted octanol–water partition coefficient (Wildman–Crippen LogP) is 3.50. The Bertz CT molecular complexity index is 727. The lowest BCUT2D eigenvalue weighted by Gasteiger charge is -2.31. The summed E-state index contributed by atoms with van der Waals surface area (Å²) in [5.74, 6) is 0.0223. The predicted molar refractivity (Wildman–Crippen MR) is 116 cm³/mol. The minimum Gasteiger partial charge on any atom is -0.461 e. The topological polar surface area (TPSA) is 83.1 Å². The highest BCUT2D eigenvalue weighted by Crippen LogP contribution is 2.31. The molecule has 1 saturated heterocycles. The standard InChI is InChI=1S/C24H35NO6/c1-16-19(12-17-8-6-5-7-9-17)21(29-13-18-10-11-18)15-28-14-20(22(26)30-16)25-23(27)31-24(2,3)4/h5-9,16,18-21H,10-15H2,1-4H3,(H,25,27). The molecular weight excluding hydrogens is 398 g/mol. The molecule has 0 bridgehead atoms. The number of amides is 1. The van der Waals surface area contributed by atoms with Crippen LogP contribution >= 0.6 is 0 Å². The van der Waals surface area contributed by atoms with Crippen LogP contribution in [0.3, 0.4) is 0 Å². The number of hydrogen-bond donors (Lipinski definition) is 1. The van der Waals surface area contributed by atoms with Gasteiger partial charge in [0.2, 0.25) is 0 Å². The third kappa shape index (κ3) is 7.82. The summed E-state index contributed by atoms with van der Waals surface area (Å²) in [6.07, 6.45) is 1.82. The second kappa shape index (κ2) is 10.5. The zero-order valence-electron chi connectivity index (χ0n) is 19.0. The summed E-state index contributed by atoms with van der Waals surface area (Å²) in [6, 6.07) is 9.17. The van der Waals surface area contributed by atoms with Gasteiger partial charge in [0.1, 0.15) is 11.7 Å². The van der Waals surface area contributed by atoms with Crippen molar-refractivity contribution in [1.29, 1.82) is 0 Å². The van der Waals surface area contributed by atoms with Gasteiger partial charge in [0.25, 0.3) is 0 Å². The third-order valence-corrected chi connectivity index (χ3v) is 5.48. The largest absolute Gasteiger partial charge is 0.461 e. The Morgan fingerprint density at radius 1 is 1.16 bits per heavy atom. The Morgan fingerprint density at radius 2 is 1.87 bits per heavy atom. The maximum atomic E-state index is 12.8. The molecule has 1 amide bonds. The maximum Gasteiger partial charge on any atom is 0.408 e. The number of ether oxygens (including phenoxy) is 4. The Morgan fingerprint density at radius 3 is 2.52 bits per heavy atom. The average molecular weight is 434 g/mol. The van der Waals surface area contributed by atoms with E-state index in [1.165, 1.54) is 12.8 Å². The van der Waals surface area contributed by atoms with Crippen LogP contribution in [0.15, 0.2) is 30.3 Å². The summed E-state index contributed by atoms with van der Waals surface area (Å²) >= 11 is 0. The first kappa shape index (κ1) is 23.5. The van der Waals surface area contributed by atoms with E-state index in [2.05, 4.69) is 17.4 Å². The summed E-state index contributed by atoms with van der Waals surface area (Å²) in [5.41, 5.74) is 0.487. The van der Waals surface area contributed by atoms with E-state index >= 15 is 0 Å². The number of benzene rings is 1. The van der Waals surface area contributed by atoms with Crippen LogP contribution in [0.5, 0.6) is 0 Å². The van der Waals surface area contributed by atoms with Gasteiger partial charge in [-0.15, -0.1) is 0 Å². The van der Waals surface area contributed by atoms with Gasteiger partial charge in [0.15, 0.2) is 6.04 Å². The minimum atomic E-state index is -0.933. The molecule has 7 heteroatoms. The molecule has 1 heterocycles. The number of nitrogens with one attached hydrogen (secondary N) is 1. The lowest BCUT2D eigenvalue weighted by molar-refractivity contribution is -0.155. The van der Waals surface area contributed by atoms with Crippen LogP contribution in [-0.2, 0) is 30.2 Å². The molecule has 2 aliphatic rings. The van der Waals surface area contributed by atoms with Crippen molar-refractivity contribution in [3.05, 3.63) is 35.9 Å². The van der Waals surface area contributed by atoms with Crippen molar-refractivity contribution in [3.63, 3.8) is 0 Å². The highest BCUT2D eigenvalue weighted by Gasteiger charge is 2.36. The number of carbonyl (C=O) groups excluding carboxylic acids is 2. The second-order valence-corrected chi connectivity index (χ2v) is 9.55. The molecule has 2 fully saturated rings. The Hall–Kier alpha value is -2.12. The van der Waals surface area contributed by atoms with Gasteiger partial charge in [-0.05, 0) is 58.4 Å². The normalized spacial score (nSPS) is 27.4. The molecule has 1 N–H and O–H groups in total. The van der Waals surface area contributed by atoms with Gasteiger partial charge in [0, 0.05) is 12.5 Å². The molecule has 4 unspecified atom stereocenters. The first-order valence-corrected chi connectivity index (χ1v) is 11.1. The van der Waals surface area contributed by atoms with Crippen LogP contribution in [-0.4, -0.2) is 55.7 Å². The smallest absolute Gasteiger partial charge is 0.408 e. The minimum absolute atomic E-state index is 0.00609. The molecule has 0 radical (unpaired) electrons. The first-order valence-electron chi connectivity index (χ1n) is 11.1. The maximum absolute atomic E-state index is 12.8. The van der Waals surface area contributed by atoms with Gasteiger partial charge < -0.3 is 24.3 Å². The molecule has 1 aliphatic carbocycles. The van der Waals surface area contributed by atoms with E-state index in [1.54, 1.807) is 20.8 Å². The third-order valence-electron chi connectivity index (χ3n) is 5.48. The fourth-order valence-corrected chi connectivity index (χ4v) is 3.60. The Labute approximate surface area is 184 Å². The zero-order valence-corrected chi connectivity index (χ0v) is 19.0. The van der Waals surface area contributed by atoms with Gasteiger partial charge in [-0.3, -0.25) is 0 Å². The molecule has 1 saturated carbocycles. The monoisotopic (exact) mass is 433 g/mol. The molecule has 1 aliphatic heterocycles. The lowest BCUT2D eigenvalue weighted by Crippen LogP contribution is -2.47. The van der Waals surface area contributed by atoms with E-state index < -0.39 is 29.8 Å². The van der Waals surface area contributed by atoms with Crippen LogP contribution in [0.1, 0.15) is 46.1 Å². The van der Waals surface area contributed by atoms with Crippen LogP contribution in [0, 0.1) is 11.8 Å². The number of carbonyl (C=O) groups is 2. The molecule has 172 valence electrons. The van der Waals surface area contributed by atoms with Gasteiger partial charge in [-0.1, -0.05) is 30.3 Å². The number of alkyl carbamates (subject to hydrolysis) is 1. The SMILES string of the molecule is CC1OC(=O)C(NC(=O)OC(C)(C)C)COCC(OCC2CC2)C1Cc1ccccc1. The molecule has 4 atom stereocenters. The van der Waals surface area contributed by atoms with Gasteiger partial charge in [-0.2, -0.15) is 0 Å². The van der Waals surface area contributed by atoms with Crippen LogP contribution in [0.2, 0.25) is 0 Å². The van der Waals surface area contributed by atoms with Crippen LogP contribution in [0.25, 0.3) is 0 Å². The van der Waals surface area contributed by atoms with Crippen molar-refractivity contribution in [2.45, 2.75) is 70.8 Å². The van der Waals surface area contributed by atoms with Crippen molar-refractivity contribution in [1.82, 2.24) is 5.32 Å². The second-order valence-electron chi connectivity index (χ2n) is 9.55. The lowest BCUT2D eigenvalue weighted by atomic mass is 9.89. The van der Waals surface area contributed by atoms with Crippen molar-refractivity contribution < 1.29 is 28.5 Å². The molecule has 0 spiro atoms. The molecule has 0 aromatic heterocycles. The van der Waals surface area contributed by atoms with Gasteiger partial charge >= 0.3 is 12.1 Å². The molecule has 7 nitrogen and oxygen atoms in total. The van der Waals surface area contributed by atoms with E-state index in [-0.39, 0.29) is 18.6 Å². The Balaban J connectivity index is 1.71. The van der Waals surface area contributed by atoms with Crippen LogP contribution < -0.4 is 5.32 Å².